The van der Waals surface area contributed by atoms with Crippen LogP contribution in [-0.4, -0.2) is 41.1 Å². The number of carbonyl (C=O) groups is 1. The maximum absolute atomic E-state index is 12.3. The first kappa shape index (κ1) is 14.2. The van der Waals surface area contributed by atoms with Crippen LogP contribution in [0.15, 0.2) is 23.4 Å². The number of thioether (sulfide) groups is 1. The van der Waals surface area contributed by atoms with Crippen molar-refractivity contribution in [1.29, 1.82) is 0 Å². The smallest absolute Gasteiger partial charge is 0.281 e. The van der Waals surface area contributed by atoms with Gasteiger partial charge < -0.3 is 15.2 Å². The summed E-state index contributed by atoms with van der Waals surface area (Å²) in [6.07, 6.45) is 1.81. The number of methoxy groups -OCH3 is 2. The fourth-order valence-electron chi connectivity index (χ4n) is 1.63. The molecule has 1 heterocycles. The van der Waals surface area contributed by atoms with Gasteiger partial charge in [-0.05, 0) is 24.5 Å². The molecule has 2 aromatic rings. The normalized spacial score (nSPS) is 10.3. The van der Waals surface area contributed by atoms with Crippen LogP contribution in [0.5, 0.6) is 11.5 Å². The molecule has 0 aliphatic heterocycles. The van der Waals surface area contributed by atoms with Crippen LogP contribution in [0.1, 0.15) is 10.4 Å². The van der Waals surface area contributed by atoms with Gasteiger partial charge in [-0.15, -0.1) is 5.10 Å². The largest absolute Gasteiger partial charge is 0.493 e. The van der Waals surface area contributed by atoms with Gasteiger partial charge in [0.1, 0.15) is 0 Å². The number of nitrogen functional groups attached to an aromatic ring is 1. The molecule has 0 amide bonds. The second-order valence-electron chi connectivity index (χ2n) is 3.74. The fourth-order valence-corrected chi connectivity index (χ4v) is 1.98. The maximum atomic E-state index is 12.3. The van der Waals surface area contributed by atoms with E-state index in [1.54, 1.807) is 24.5 Å². The minimum absolute atomic E-state index is 0.0501. The van der Waals surface area contributed by atoms with Crippen molar-refractivity contribution >= 4 is 23.6 Å². The monoisotopic (exact) mass is 294 g/mol. The molecular weight excluding hydrogens is 280 g/mol. The zero-order valence-corrected chi connectivity index (χ0v) is 12.1. The molecule has 0 aliphatic rings. The summed E-state index contributed by atoms with van der Waals surface area (Å²) in [6.45, 7) is 0. The Kier molecular flexibility index (Phi) is 4.14. The molecule has 0 saturated carbocycles. The Labute approximate surface area is 120 Å². The molecule has 20 heavy (non-hydrogen) atoms. The maximum Gasteiger partial charge on any atom is 0.281 e. The van der Waals surface area contributed by atoms with E-state index in [0.29, 0.717) is 22.2 Å². The number of ether oxygens (including phenoxy) is 2. The van der Waals surface area contributed by atoms with Crippen LogP contribution in [0.3, 0.4) is 0 Å². The summed E-state index contributed by atoms with van der Waals surface area (Å²) in [5.74, 6) is 0.674. The summed E-state index contributed by atoms with van der Waals surface area (Å²) in [5.41, 5.74) is 6.06. The number of hydrogen-bond acceptors (Lipinski definition) is 7. The number of aromatic nitrogens is 3. The molecule has 106 valence electrons. The predicted octanol–water partition coefficient (Wildman–Crippen LogP) is 1.29. The van der Waals surface area contributed by atoms with Crippen LogP contribution in [0.25, 0.3) is 0 Å². The summed E-state index contributed by atoms with van der Waals surface area (Å²) >= 11 is 1.31. The Balaban J connectivity index is 2.40. The quantitative estimate of drug-likeness (QED) is 0.849. The van der Waals surface area contributed by atoms with Crippen LogP contribution in [-0.2, 0) is 0 Å². The van der Waals surface area contributed by atoms with Crippen molar-refractivity contribution in [2.45, 2.75) is 5.16 Å². The van der Waals surface area contributed by atoms with Gasteiger partial charge in [0.15, 0.2) is 11.5 Å². The summed E-state index contributed by atoms with van der Waals surface area (Å²) < 4.78 is 11.3. The van der Waals surface area contributed by atoms with Crippen molar-refractivity contribution in [3.8, 4) is 11.5 Å². The van der Waals surface area contributed by atoms with Gasteiger partial charge in [-0.1, -0.05) is 11.8 Å². The second kappa shape index (κ2) is 5.83. The van der Waals surface area contributed by atoms with E-state index in [9.17, 15) is 4.79 Å². The van der Waals surface area contributed by atoms with Crippen molar-refractivity contribution in [3.63, 3.8) is 0 Å². The molecule has 2 N–H and O–H groups in total. The van der Waals surface area contributed by atoms with Crippen LogP contribution < -0.4 is 15.2 Å². The molecule has 1 aromatic carbocycles. The summed E-state index contributed by atoms with van der Waals surface area (Å²) in [5, 5.41) is 4.47. The molecule has 0 bridgehead atoms. The van der Waals surface area contributed by atoms with Crippen molar-refractivity contribution in [2.75, 3.05) is 26.2 Å². The van der Waals surface area contributed by atoms with Crippen LogP contribution >= 0.6 is 11.8 Å². The predicted molar refractivity (Wildman–Crippen MR) is 75.5 cm³/mol. The number of rotatable bonds is 4. The van der Waals surface area contributed by atoms with Gasteiger partial charge in [-0.25, -0.2) is 0 Å². The van der Waals surface area contributed by atoms with Gasteiger partial charge in [-0.3, -0.25) is 4.79 Å². The van der Waals surface area contributed by atoms with Crippen molar-refractivity contribution in [3.05, 3.63) is 23.8 Å². The fraction of sp³-hybridized carbons (Fsp3) is 0.250. The molecule has 0 saturated heterocycles. The molecule has 0 spiro atoms. The highest BCUT2D eigenvalue weighted by atomic mass is 32.2. The topological polar surface area (TPSA) is 92.3 Å². The van der Waals surface area contributed by atoms with Gasteiger partial charge >= 0.3 is 0 Å². The van der Waals surface area contributed by atoms with E-state index in [0.717, 1.165) is 4.68 Å². The lowest BCUT2D eigenvalue weighted by molar-refractivity contribution is 0.0946. The molecular formula is C12H14N4O3S. The summed E-state index contributed by atoms with van der Waals surface area (Å²) in [4.78, 5) is 16.3. The van der Waals surface area contributed by atoms with E-state index in [2.05, 4.69) is 10.1 Å². The molecule has 0 fully saturated rings. The Bertz CT molecular complexity index is 642. The standard InChI is InChI=1S/C12H14N4O3S/c1-18-8-5-4-7(6-9(8)19-2)10(17)16-11(13)14-12(15-16)20-3/h4-6H,1-3H3,(H2,13,14,15). The average Bonchev–Trinajstić information content (AvgIpc) is 2.86. The van der Waals surface area contributed by atoms with Crippen molar-refractivity contribution in [2.24, 2.45) is 0 Å². The second-order valence-corrected chi connectivity index (χ2v) is 4.52. The highest BCUT2D eigenvalue weighted by Crippen LogP contribution is 2.28. The van der Waals surface area contributed by atoms with Gasteiger partial charge in [-0.2, -0.15) is 9.67 Å². The molecule has 0 radical (unpaired) electrons. The van der Waals surface area contributed by atoms with Crippen LogP contribution in [0.4, 0.5) is 5.95 Å². The zero-order chi connectivity index (χ0) is 14.7. The van der Waals surface area contributed by atoms with E-state index in [1.807, 2.05) is 0 Å². The van der Waals surface area contributed by atoms with Crippen molar-refractivity contribution in [1.82, 2.24) is 14.8 Å². The van der Waals surface area contributed by atoms with E-state index >= 15 is 0 Å². The third kappa shape index (κ3) is 2.55. The first-order chi connectivity index (χ1) is 9.60. The van der Waals surface area contributed by atoms with Gasteiger partial charge in [0.25, 0.3) is 5.91 Å². The first-order valence-corrected chi connectivity index (χ1v) is 6.86. The molecule has 0 atom stereocenters. The first-order valence-electron chi connectivity index (χ1n) is 5.64. The molecule has 8 heteroatoms. The average molecular weight is 294 g/mol. The van der Waals surface area contributed by atoms with Crippen LogP contribution in [0, 0.1) is 0 Å². The highest BCUT2D eigenvalue weighted by molar-refractivity contribution is 7.98. The number of anilines is 1. The number of carbonyl (C=O) groups excluding carboxylic acids is 1. The number of benzene rings is 1. The van der Waals surface area contributed by atoms with Gasteiger partial charge in [0.05, 0.1) is 14.2 Å². The van der Waals surface area contributed by atoms with Gasteiger partial charge in [0.2, 0.25) is 11.1 Å². The molecule has 1 aromatic heterocycles. The number of nitrogens with two attached hydrogens (primary N) is 1. The number of nitrogens with zero attached hydrogens (tertiary/aromatic N) is 3. The van der Waals surface area contributed by atoms with E-state index in [4.69, 9.17) is 15.2 Å². The third-order valence-corrected chi connectivity index (χ3v) is 3.16. The van der Waals surface area contributed by atoms with E-state index < -0.39 is 0 Å². The van der Waals surface area contributed by atoms with Gasteiger partial charge in [0, 0.05) is 5.56 Å². The lowest BCUT2D eigenvalue weighted by Crippen LogP contribution is -2.16. The molecule has 0 aliphatic carbocycles. The Morgan fingerprint density at radius 1 is 1.30 bits per heavy atom. The minimum atomic E-state index is -0.378. The van der Waals surface area contributed by atoms with E-state index in [1.165, 1.54) is 26.0 Å². The molecule has 2 rings (SSSR count). The zero-order valence-electron chi connectivity index (χ0n) is 11.3. The third-order valence-electron chi connectivity index (χ3n) is 2.62. The molecule has 0 unspecified atom stereocenters. The van der Waals surface area contributed by atoms with Crippen molar-refractivity contribution < 1.29 is 14.3 Å². The Morgan fingerprint density at radius 3 is 2.55 bits per heavy atom. The number of hydrogen-bond donors (Lipinski definition) is 1. The lowest BCUT2D eigenvalue weighted by Gasteiger charge is -2.09. The molecule has 7 nitrogen and oxygen atoms in total. The Hall–Kier alpha value is -2.22. The highest BCUT2D eigenvalue weighted by Gasteiger charge is 2.17. The lowest BCUT2D eigenvalue weighted by atomic mass is 10.2. The summed E-state index contributed by atoms with van der Waals surface area (Å²) in [7, 11) is 3.03. The Morgan fingerprint density at radius 2 is 2.00 bits per heavy atom. The minimum Gasteiger partial charge on any atom is -0.493 e. The van der Waals surface area contributed by atoms with Crippen LogP contribution in [0.2, 0.25) is 0 Å². The summed E-state index contributed by atoms with van der Waals surface area (Å²) in [6, 6.07) is 4.83. The SMILES string of the molecule is COc1ccc(C(=O)n2nc(SC)nc2N)cc1OC. The van der Waals surface area contributed by atoms with E-state index in [-0.39, 0.29) is 11.9 Å².